The smallest absolute Gasteiger partial charge is 0.257 e. The van der Waals surface area contributed by atoms with Crippen LogP contribution in [0.15, 0.2) is 53.1 Å². The van der Waals surface area contributed by atoms with Gasteiger partial charge in [-0.2, -0.15) is 10.2 Å². The number of carbonyl (C=O) groups is 1. The van der Waals surface area contributed by atoms with Crippen LogP contribution in [0.2, 0.25) is 0 Å². The second-order valence-corrected chi connectivity index (χ2v) is 6.39. The summed E-state index contributed by atoms with van der Waals surface area (Å²) in [7, 11) is 0. The van der Waals surface area contributed by atoms with Crippen LogP contribution in [0.5, 0.6) is 0 Å². The SMILES string of the molecule is Cc1ccc(N2CC(c3noc(-c4ccc(C#N)cc4)n3)CC2=O)cc1. The third kappa shape index (κ3) is 2.95. The van der Waals surface area contributed by atoms with E-state index in [4.69, 9.17) is 9.78 Å². The fourth-order valence-electron chi connectivity index (χ4n) is 3.06. The molecule has 1 aliphatic heterocycles. The van der Waals surface area contributed by atoms with E-state index in [-0.39, 0.29) is 11.8 Å². The summed E-state index contributed by atoms with van der Waals surface area (Å²) in [5.41, 5.74) is 3.37. The first kappa shape index (κ1) is 16.0. The highest BCUT2D eigenvalue weighted by atomic mass is 16.5. The molecule has 0 aliphatic carbocycles. The molecular formula is C20H16N4O2. The molecule has 0 bridgehead atoms. The maximum absolute atomic E-state index is 12.4. The van der Waals surface area contributed by atoms with E-state index in [9.17, 15) is 4.79 Å². The third-order valence-corrected chi connectivity index (χ3v) is 4.54. The molecule has 2 aromatic carbocycles. The van der Waals surface area contributed by atoms with Crippen molar-refractivity contribution in [3.05, 3.63) is 65.5 Å². The Hall–Kier alpha value is -3.46. The fraction of sp³-hybridized carbons (Fsp3) is 0.200. The van der Waals surface area contributed by atoms with Gasteiger partial charge in [0.1, 0.15) is 0 Å². The molecule has 1 atom stereocenters. The number of rotatable bonds is 3. The summed E-state index contributed by atoms with van der Waals surface area (Å²) in [6, 6.07) is 16.9. The van der Waals surface area contributed by atoms with Gasteiger partial charge in [0.05, 0.1) is 11.6 Å². The summed E-state index contributed by atoms with van der Waals surface area (Å²) in [4.78, 5) is 18.6. The Kier molecular flexibility index (Phi) is 3.98. The highest BCUT2D eigenvalue weighted by Crippen LogP contribution is 2.31. The van der Waals surface area contributed by atoms with Crippen LogP contribution in [0, 0.1) is 18.3 Å². The molecule has 1 fully saturated rings. The lowest BCUT2D eigenvalue weighted by Gasteiger charge is -2.16. The van der Waals surface area contributed by atoms with Crippen LogP contribution >= 0.6 is 0 Å². The van der Waals surface area contributed by atoms with E-state index in [2.05, 4.69) is 16.2 Å². The Bertz CT molecular complexity index is 984. The standard InChI is InChI=1S/C20H16N4O2/c1-13-2-8-17(9-3-13)24-12-16(10-18(24)25)19-22-20(26-23-19)15-6-4-14(11-21)5-7-15/h2-9,16H,10,12H2,1H3. The maximum Gasteiger partial charge on any atom is 0.257 e. The first-order valence-corrected chi connectivity index (χ1v) is 8.35. The first-order valence-electron chi connectivity index (χ1n) is 8.35. The molecule has 1 aliphatic rings. The predicted octanol–water partition coefficient (Wildman–Crippen LogP) is 3.44. The van der Waals surface area contributed by atoms with Gasteiger partial charge in [-0.25, -0.2) is 0 Å². The van der Waals surface area contributed by atoms with E-state index >= 15 is 0 Å². The molecule has 0 radical (unpaired) electrons. The fourth-order valence-corrected chi connectivity index (χ4v) is 3.06. The Labute approximate surface area is 150 Å². The zero-order chi connectivity index (χ0) is 18.1. The minimum atomic E-state index is -0.0975. The molecule has 26 heavy (non-hydrogen) atoms. The number of hydrogen-bond acceptors (Lipinski definition) is 5. The first-order chi connectivity index (χ1) is 12.6. The van der Waals surface area contributed by atoms with Crippen molar-refractivity contribution in [2.45, 2.75) is 19.3 Å². The molecule has 6 heteroatoms. The second-order valence-electron chi connectivity index (χ2n) is 6.39. The molecule has 0 saturated carbocycles. The topological polar surface area (TPSA) is 83.0 Å². The molecule has 0 N–H and O–H groups in total. The van der Waals surface area contributed by atoms with Gasteiger partial charge in [-0.05, 0) is 43.3 Å². The molecule has 1 saturated heterocycles. The predicted molar refractivity (Wildman–Crippen MR) is 95.3 cm³/mol. The van der Waals surface area contributed by atoms with E-state index < -0.39 is 0 Å². The van der Waals surface area contributed by atoms with Gasteiger partial charge in [-0.15, -0.1) is 0 Å². The number of benzene rings is 2. The number of nitriles is 1. The summed E-state index contributed by atoms with van der Waals surface area (Å²) in [5.74, 6) is 0.890. The van der Waals surface area contributed by atoms with Crippen molar-refractivity contribution < 1.29 is 9.32 Å². The van der Waals surface area contributed by atoms with Crippen LogP contribution in [0.3, 0.4) is 0 Å². The molecule has 1 aromatic heterocycles. The van der Waals surface area contributed by atoms with Crippen molar-refractivity contribution >= 4 is 11.6 Å². The molecule has 6 nitrogen and oxygen atoms in total. The molecule has 1 amide bonds. The number of amides is 1. The molecule has 3 aromatic rings. The Morgan fingerprint density at radius 3 is 2.58 bits per heavy atom. The van der Waals surface area contributed by atoms with E-state index in [1.54, 1.807) is 29.2 Å². The van der Waals surface area contributed by atoms with E-state index in [1.165, 1.54) is 0 Å². The van der Waals surface area contributed by atoms with Gasteiger partial charge >= 0.3 is 0 Å². The van der Waals surface area contributed by atoms with Gasteiger partial charge < -0.3 is 9.42 Å². The summed E-state index contributed by atoms with van der Waals surface area (Å²) in [6.45, 7) is 2.55. The summed E-state index contributed by atoms with van der Waals surface area (Å²) >= 11 is 0. The molecule has 2 heterocycles. The Balaban J connectivity index is 1.53. The average Bonchev–Trinajstić information content (AvgIpc) is 3.29. The van der Waals surface area contributed by atoms with Crippen LogP contribution in [0.1, 0.15) is 29.3 Å². The molecule has 128 valence electrons. The monoisotopic (exact) mass is 344 g/mol. The van der Waals surface area contributed by atoms with Gasteiger partial charge in [0.25, 0.3) is 5.89 Å². The average molecular weight is 344 g/mol. The minimum Gasteiger partial charge on any atom is -0.334 e. The normalized spacial score (nSPS) is 16.7. The van der Waals surface area contributed by atoms with E-state index in [1.807, 2.05) is 31.2 Å². The van der Waals surface area contributed by atoms with Gasteiger partial charge in [0, 0.05) is 30.1 Å². The van der Waals surface area contributed by atoms with Gasteiger partial charge in [0.15, 0.2) is 5.82 Å². The van der Waals surface area contributed by atoms with Crippen LogP contribution in [-0.2, 0) is 4.79 Å². The van der Waals surface area contributed by atoms with Crippen molar-refractivity contribution in [3.8, 4) is 17.5 Å². The summed E-state index contributed by atoms with van der Waals surface area (Å²) in [5, 5.41) is 12.9. The lowest BCUT2D eigenvalue weighted by molar-refractivity contribution is -0.117. The van der Waals surface area contributed by atoms with Gasteiger partial charge in [0.2, 0.25) is 5.91 Å². The van der Waals surface area contributed by atoms with Crippen molar-refractivity contribution in [1.82, 2.24) is 10.1 Å². The Morgan fingerprint density at radius 2 is 1.88 bits per heavy atom. The number of aryl methyl sites for hydroxylation is 1. The highest BCUT2D eigenvalue weighted by molar-refractivity contribution is 5.96. The second kappa shape index (κ2) is 6.45. The van der Waals surface area contributed by atoms with Crippen LogP contribution in [0.25, 0.3) is 11.5 Å². The molecule has 4 rings (SSSR count). The summed E-state index contributed by atoms with van der Waals surface area (Å²) < 4.78 is 5.35. The zero-order valence-corrected chi connectivity index (χ0v) is 14.2. The minimum absolute atomic E-state index is 0.0589. The lowest BCUT2D eigenvalue weighted by atomic mass is 10.1. The molecule has 0 spiro atoms. The quantitative estimate of drug-likeness (QED) is 0.727. The lowest BCUT2D eigenvalue weighted by Crippen LogP contribution is -2.24. The largest absolute Gasteiger partial charge is 0.334 e. The number of carbonyl (C=O) groups excluding carboxylic acids is 1. The molecule has 1 unspecified atom stereocenters. The van der Waals surface area contributed by atoms with E-state index in [0.717, 1.165) is 16.8 Å². The van der Waals surface area contributed by atoms with Crippen LogP contribution < -0.4 is 4.90 Å². The number of hydrogen-bond donors (Lipinski definition) is 0. The number of nitrogens with zero attached hydrogens (tertiary/aromatic N) is 4. The van der Waals surface area contributed by atoms with Crippen LogP contribution in [-0.4, -0.2) is 22.6 Å². The van der Waals surface area contributed by atoms with Gasteiger partial charge in [-0.1, -0.05) is 22.9 Å². The van der Waals surface area contributed by atoms with E-state index in [0.29, 0.717) is 30.2 Å². The van der Waals surface area contributed by atoms with Crippen molar-refractivity contribution in [3.63, 3.8) is 0 Å². The van der Waals surface area contributed by atoms with Gasteiger partial charge in [-0.3, -0.25) is 4.79 Å². The van der Waals surface area contributed by atoms with Crippen molar-refractivity contribution in [2.75, 3.05) is 11.4 Å². The van der Waals surface area contributed by atoms with Crippen molar-refractivity contribution in [2.24, 2.45) is 0 Å². The highest BCUT2D eigenvalue weighted by Gasteiger charge is 2.34. The molecular weight excluding hydrogens is 328 g/mol. The van der Waals surface area contributed by atoms with Crippen molar-refractivity contribution in [1.29, 1.82) is 5.26 Å². The number of aromatic nitrogens is 2. The van der Waals surface area contributed by atoms with Crippen LogP contribution in [0.4, 0.5) is 5.69 Å². The number of anilines is 1. The zero-order valence-electron chi connectivity index (χ0n) is 14.2. The third-order valence-electron chi connectivity index (χ3n) is 4.54. The Morgan fingerprint density at radius 1 is 1.15 bits per heavy atom. The maximum atomic E-state index is 12.4. The summed E-state index contributed by atoms with van der Waals surface area (Å²) in [6.07, 6.45) is 0.361.